The number of benzene rings is 2. The number of aromatic hydroxyl groups is 1. The molecule has 0 bridgehead atoms. The maximum absolute atomic E-state index is 10.8. The molecular weight excluding hydrogens is 372 g/mol. The number of phenols is 1. The number of rotatable bonds is 4. The van der Waals surface area contributed by atoms with Crippen molar-refractivity contribution in [3.05, 3.63) is 63.5 Å². The Bertz CT molecular complexity index is 961. The zero-order valence-corrected chi connectivity index (χ0v) is 17.0. The Kier molecular flexibility index (Phi) is 5.43. The van der Waals surface area contributed by atoms with E-state index in [1.165, 1.54) is 15.0 Å². The number of phenolic OH excluding ortho intramolecular Hbond substituents is 1. The highest BCUT2D eigenvalue weighted by molar-refractivity contribution is 7.19. The van der Waals surface area contributed by atoms with E-state index in [9.17, 15) is 15.3 Å². The summed E-state index contributed by atoms with van der Waals surface area (Å²) in [6, 6.07) is 12.6. The fourth-order valence-electron chi connectivity index (χ4n) is 4.05. The monoisotopic (exact) mass is 398 g/mol. The molecule has 28 heavy (non-hydrogen) atoms. The summed E-state index contributed by atoms with van der Waals surface area (Å²) in [5.74, 6) is 0.230. The van der Waals surface area contributed by atoms with Gasteiger partial charge in [-0.1, -0.05) is 18.2 Å². The van der Waals surface area contributed by atoms with Crippen molar-refractivity contribution in [3.8, 4) is 5.75 Å². The maximum Gasteiger partial charge on any atom is 0.124 e. The average Bonchev–Trinajstić information content (AvgIpc) is 3.10. The van der Waals surface area contributed by atoms with Gasteiger partial charge in [-0.25, -0.2) is 0 Å². The van der Waals surface area contributed by atoms with Gasteiger partial charge in [-0.3, -0.25) is 0 Å². The summed E-state index contributed by atoms with van der Waals surface area (Å²) in [4.78, 5) is 1.28. The van der Waals surface area contributed by atoms with Crippen LogP contribution < -0.4 is 0 Å². The van der Waals surface area contributed by atoms with Crippen molar-refractivity contribution in [2.75, 3.05) is 6.61 Å². The molecule has 1 aliphatic heterocycles. The van der Waals surface area contributed by atoms with Gasteiger partial charge in [0, 0.05) is 34.4 Å². The molecule has 1 aliphatic rings. The van der Waals surface area contributed by atoms with Crippen LogP contribution in [0.25, 0.3) is 10.1 Å². The zero-order chi connectivity index (χ0) is 19.8. The summed E-state index contributed by atoms with van der Waals surface area (Å²) >= 11 is 1.79. The fourth-order valence-corrected chi connectivity index (χ4v) is 5.14. The first kappa shape index (κ1) is 19.4. The van der Waals surface area contributed by atoms with E-state index in [-0.39, 0.29) is 12.4 Å². The van der Waals surface area contributed by atoms with Crippen molar-refractivity contribution in [3.63, 3.8) is 0 Å². The van der Waals surface area contributed by atoms with Crippen molar-refractivity contribution in [2.45, 2.75) is 51.4 Å². The predicted octanol–water partition coefficient (Wildman–Crippen LogP) is 4.39. The molecule has 0 radical (unpaired) electrons. The lowest BCUT2D eigenvalue weighted by molar-refractivity contribution is -0.114. The van der Waals surface area contributed by atoms with Crippen molar-refractivity contribution in [1.82, 2.24) is 0 Å². The molecule has 0 aliphatic carbocycles. The van der Waals surface area contributed by atoms with E-state index in [4.69, 9.17) is 4.74 Å². The van der Waals surface area contributed by atoms with Gasteiger partial charge in [-0.2, -0.15) is 0 Å². The van der Waals surface area contributed by atoms with Crippen LogP contribution in [0.15, 0.2) is 36.4 Å². The van der Waals surface area contributed by atoms with Gasteiger partial charge in [-0.05, 0) is 54.1 Å². The minimum atomic E-state index is -0.539. The molecule has 1 saturated heterocycles. The van der Waals surface area contributed by atoms with Crippen LogP contribution in [0.4, 0.5) is 0 Å². The second kappa shape index (κ2) is 7.84. The lowest BCUT2D eigenvalue weighted by atomic mass is 9.89. The lowest BCUT2D eigenvalue weighted by Gasteiger charge is -2.33. The summed E-state index contributed by atoms with van der Waals surface area (Å²) in [7, 11) is 0. The Morgan fingerprint density at radius 3 is 2.64 bits per heavy atom. The third kappa shape index (κ3) is 3.67. The Morgan fingerprint density at radius 2 is 1.89 bits per heavy atom. The minimum absolute atomic E-state index is 0.131. The molecule has 1 fully saturated rings. The molecule has 4 rings (SSSR count). The second-order valence-corrected chi connectivity index (χ2v) is 8.87. The second-order valence-electron chi connectivity index (χ2n) is 7.71. The van der Waals surface area contributed by atoms with Crippen LogP contribution >= 0.6 is 11.3 Å². The third-order valence-electron chi connectivity index (χ3n) is 5.77. The Hall–Kier alpha value is -1.92. The normalized spacial score (nSPS) is 22.6. The van der Waals surface area contributed by atoms with Gasteiger partial charge < -0.3 is 20.1 Å². The Labute approximate surface area is 169 Å². The van der Waals surface area contributed by atoms with E-state index in [1.54, 1.807) is 11.3 Å². The molecule has 148 valence electrons. The van der Waals surface area contributed by atoms with E-state index in [2.05, 4.69) is 30.3 Å². The Morgan fingerprint density at radius 1 is 1.11 bits per heavy atom. The summed E-state index contributed by atoms with van der Waals surface area (Å²) < 4.78 is 7.23. The zero-order valence-electron chi connectivity index (χ0n) is 16.2. The van der Waals surface area contributed by atoms with E-state index in [0.29, 0.717) is 18.4 Å². The van der Waals surface area contributed by atoms with Crippen molar-refractivity contribution < 1.29 is 20.1 Å². The van der Waals surface area contributed by atoms with Gasteiger partial charge in [0.15, 0.2) is 0 Å². The molecular formula is C23H26O4S. The van der Waals surface area contributed by atoms with Crippen LogP contribution in [0.3, 0.4) is 0 Å². The van der Waals surface area contributed by atoms with Crippen LogP contribution in [0.5, 0.6) is 5.75 Å². The van der Waals surface area contributed by atoms with Gasteiger partial charge >= 0.3 is 0 Å². The van der Waals surface area contributed by atoms with Gasteiger partial charge in [-0.15, -0.1) is 11.3 Å². The van der Waals surface area contributed by atoms with E-state index in [1.807, 2.05) is 19.9 Å². The molecule has 3 aromatic rings. The van der Waals surface area contributed by atoms with Crippen LogP contribution in [0, 0.1) is 13.8 Å². The smallest absolute Gasteiger partial charge is 0.124 e. The summed E-state index contributed by atoms with van der Waals surface area (Å²) in [6.45, 7) is 3.83. The highest BCUT2D eigenvalue weighted by Gasteiger charge is 2.31. The van der Waals surface area contributed by atoms with Crippen LogP contribution in [-0.4, -0.2) is 34.1 Å². The molecule has 0 unspecified atom stereocenters. The summed E-state index contributed by atoms with van der Waals surface area (Å²) in [6.07, 6.45) is 0.283. The largest absolute Gasteiger partial charge is 0.507 e. The molecule has 1 aromatic heterocycles. The standard InChI is InChI=1S/C23H26O4S/c1-13-14(2)23(26)20(21-11-17(25)10-18(12-24)27-21)9-16(13)8-19-7-15-5-3-4-6-22(15)28-19/h3-7,9,17-18,21,24-26H,8,10-12H2,1-2H3/t17-,18-,21+/m0/s1. The van der Waals surface area contributed by atoms with Crippen LogP contribution in [0.2, 0.25) is 0 Å². The molecule has 2 aromatic carbocycles. The van der Waals surface area contributed by atoms with E-state index in [0.717, 1.165) is 23.1 Å². The van der Waals surface area contributed by atoms with E-state index < -0.39 is 18.3 Å². The molecule has 0 saturated carbocycles. The molecule has 3 atom stereocenters. The molecule has 0 amide bonds. The van der Waals surface area contributed by atoms with Crippen molar-refractivity contribution >= 4 is 21.4 Å². The molecule has 3 N–H and O–H groups in total. The van der Waals surface area contributed by atoms with Gasteiger partial charge in [0.05, 0.1) is 24.9 Å². The van der Waals surface area contributed by atoms with E-state index >= 15 is 0 Å². The third-order valence-corrected chi connectivity index (χ3v) is 6.89. The van der Waals surface area contributed by atoms with Crippen molar-refractivity contribution in [2.24, 2.45) is 0 Å². The first-order valence-electron chi connectivity index (χ1n) is 9.70. The molecule has 5 heteroatoms. The number of hydrogen-bond acceptors (Lipinski definition) is 5. The summed E-state index contributed by atoms with van der Waals surface area (Å²) in [5.41, 5.74) is 3.78. The first-order chi connectivity index (χ1) is 13.5. The minimum Gasteiger partial charge on any atom is -0.507 e. The highest BCUT2D eigenvalue weighted by atomic mass is 32.1. The van der Waals surface area contributed by atoms with Crippen LogP contribution in [-0.2, 0) is 11.2 Å². The van der Waals surface area contributed by atoms with Gasteiger partial charge in [0.25, 0.3) is 0 Å². The molecule has 2 heterocycles. The first-order valence-corrected chi connectivity index (χ1v) is 10.5. The number of ether oxygens (including phenoxy) is 1. The molecule has 4 nitrogen and oxygen atoms in total. The fraction of sp³-hybridized carbons (Fsp3) is 0.391. The quantitative estimate of drug-likeness (QED) is 0.610. The number of thiophene rings is 1. The van der Waals surface area contributed by atoms with Gasteiger partial charge in [0.2, 0.25) is 0 Å². The van der Waals surface area contributed by atoms with Crippen molar-refractivity contribution in [1.29, 1.82) is 0 Å². The maximum atomic E-state index is 10.8. The van der Waals surface area contributed by atoms with Gasteiger partial charge in [0.1, 0.15) is 5.75 Å². The predicted molar refractivity (Wildman–Crippen MR) is 112 cm³/mol. The summed E-state index contributed by atoms with van der Waals surface area (Å²) in [5, 5.41) is 31.6. The number of hydrogen-bond donors (Lipinski definition) is 3. The highest BCUT2D eigenvalue weighted by Crippen LogP contribution is 2.40. The lowest BCUT2D eigenvalue weighted by Crippen LogP contribution is -2.33. The van der Waals surface area contributed by atoms with Crippen LogP contribution in [0.1, 0.15) is 46.1 Å². The average molecular weight is 399 g/mol. The Balaban J connectivity index is 1.70. The topological polar surface area (TPSA) is 69.9 Å². The number of fused-ring (bicyclic) bond motifs is 1. The number of aliphatic hydroxyl groups excluding tert-OH is 2. The number of aliphatic hydroxyl groups is 2. The molecule has 0 spiro atoms. The SMILES string of the molecule is Cc1c(Cc2cc3ccccc3s2)cc([C@H]2C[C@@H](O)C[C@@H](CO)O2)c(O)c1C.